The number of hydrazone groups is 1. The Kier molecular flexibility index (Phi) is 7.02. The zero-order valence-electron chi connectivity index (χ0n) is 17.6. The number of nitrogens with one attached hydrogen (secondary N) is 1. The van der Waals surface area contributed by atoms with Crippen LogP contribution in [0, 0.1) is 6.92 Å². The number of hydrogen-bond acceptors (Lipinski definition) is 6. The Morgan fingerprint density at radius 1 is 1.00 bits per heavy atom. The van der Waals surface area contributed by atoms with Crippen molar-refractivity contribution in [2.75, 3.05) is 6.61 Å². The SMILES string of the molecule is Cc1ccccc1OCC(=O)N/N=C\c1ccccc1OC(=O)c1sc2ccccc2c1Cl. The van der Waals surface area contributed by atoms with Gasteiger partial charge in [0.15, 0.2) is 6.61 Å². The van der Waals surface area contributed by atoms with Gasteiger partial charge in [0.05, 0.1) is 11.2 Å². The van der Waals surface area contributed by atoms with Gasteiger partial charge in [-0.15, -0.1) is 11.3 Å². The summed E-state index contributed by atoms with van der Waals surface area (Å²) in [5.74, 6) is -0.0438. The fraction of sp³-hybridized carbons (Fsp3) is 0.0800. The van der Waals surface area contributed by atoms with Crippen LogP contribution in [0.1, 0.15) is 20.8 Å². The van der Waals surface area contributed by atoms with Gasteiger partial charge in [-0.05, 0) is 36.8 Å². The number of ether oxygens (including phenoxy) is 2. The summed E-state index contributed by atoms with van der Waals surface area (Å²) < 4.78 is 12.0. The van der Waals surface area contributed by atoms with Gasteiger partial charge < -0.3 is 9.47 Å². The highest BCUT2D eigenvalue weighted by Gasteiger charge is 2.19. The summed E-state index contributed by atoms with van der Waals surface area (Å²) in [7, 11) is 0. The predicted molar refractivity (Wildman–Crippen MR) is 131 cm³/mol. The van der Waals surface area contributed by atoms with Gasteiger partial charge in [-0.25, -0.2) is 10.2 Å². The second-order valence-corrected chi connectivity index (χ2v) is 8.45. The molecular formula is C25H19ClN2O4S. The second-order valence-electron chi connectivity index (χ2n) is 7.02. The molecule has 0 aliphatic heterocycles. The van der Waals surface area contributed by atoms with Crippen LogP contribution in [0.25, 0.3) is 10.1 Å². The van der Waals surface area contributed by atoms with Crippen LogP contribution in [0.5, 0.6) is 11.5 Å². The number of benzene rings is 3. The molecule has 0 radical (unpaired) electrons. The Bertz CT molecular complexity index is 1350. The minimum Gasteiger partial charge on any atom is -0.483 e. The highest BCUT2D eigenvalue weighted by atomic mass is 35.5. The lowest BCUT2D eigenvalue weighted by Crippen LogP contribution is -2.24. The summed E-state index contributed by atoms with van der Waals surface area (Å²) >= 11 is 7.66. The summed E-state index contributed by atoms with van der Waals surface area (Å²) in [4.78, 5) is 25.1. The van der Waals surface area contributed by atoms with Crippen molar-refractivity contribution in [3.05, 3.63) is 93.8 Å². The maximum absolute atomic E-state index is 12.8. The van der Waals surface area contributed by atoms with Crippen LogP contribution in [0.2, 0.25) is 5.02 Å². The van der Waals surface area contributed by atoms with E-state index in [1.165, 1.54) is 17.6 Å². The van der Waals surface area contributed by atoms with E-state index >= 15 is 0 Å². The van der Waals surface area contributed by atoms with Crippen LogP contribution in [0.15, 0.2) is 77.9 Å². The molecule has 0 bridgehead atoms. The molecule has 1 amide bonds. The summed E-state index contributed by atoms with van der Waals surface area (Å²) in [6.45, 7) is 1.72. The van der Waals surface area contributed by atoms with E-state index in [0.717, 1.165) is 15.6 Å². The molecule has 1 N–H and O–H groups in total. The summed E-state index contributed by atoms with van der Waals surface area (Å²) in [6, 6.07) is 21.8. The van der Waals surface area contributed by atoms with E-state index < -0.39 is 11.9 Å². The molecule has 0 aliphatic carbocycles. The third-order valence-electron chi connectivity index (χ3n) is 4.69. The quantitative estimate of drug-likeness (QED) is 0.162. The highest BCUT2D eigenvalue weighted by Crippen LogP contribution is 2.36. The maximum Gasteiger partial charge on any atom is 0.355 e. The topological polar surface area (TPSA) is 77.0 Å². The number of carbonyl (C=O) groups is 2. The minimum absolute atomic E-state index is 0.177. The number of halogens is 1. The molecule has 166 valence electrons. The molecule has 1 heterocycles. The van der Waals surface area contributed by atoms with Crippen molar-refractivity contribution in [3.63, 3.8) is 0 Å². The third-order valence-corrected chi connectivity index (χ3v) is 6.34. The van der Waals surface area contributed by atoms with Gasteiger partial charge in [-0.3, -0.25) is 4.79 Å². The Morgan fingerprint density at radius 3 is 2.48 bits per heavy atom. The van der Waals surface area contributed by atoms with Crippen LogP contribution < -0.4 is 14.9 Å². The van der Waals surface area contributed by atoms with Gasteiger partial charge in [-0.1, -0.05) is 60.1 Å². The van der Waals surface area contributed by atoms with Crippen molar-refractivity contribution >= 4 is 51.1 Å². The van der Waals surface area contributed by atoms with Crippen molar-refractivity contribution in [2.24, 2.45) is 5.10 Å². The molecule has 1 aromatic heterocycles. The number of carbonyl (C=O) groups excluding carboxylic acids is 2. The van der Waals surface area contributed by atoms with Crippen molar-refractivity contribution in [3.8, 4) is 11.5 Å². The van der Waals surface area contributed by atoms with Gasteiger partial charge in [0.25, 0.3) is 5.91 Å². The van der Waals surface area contributed by atoms with Crippen molar-refractivity contribution in [2.45, 2.75) is 6.92 Å². The second kappa shape index (κ2) is 10.3. The van der Waals surface area contributed by atoms with E-state index in [0.29, 0.717) is 27.0 Å². The molecule has 33 heavy (non-hydrogen) atoms. The summed E-state index contributed by atoms with van der Waals surface area (Å²) in [5, 5.41) is 5.13. The Balaban J connectivity index is 1.40. The van der Waals surface area contributed by atoms with Gasteiger partial charge in [0.1, 0.15) is 16.4 Å². The number of amides is 1. The van der Waals surface area contributed by atoms with E-state index in [9.17, 15) is 9.59 Å². The first-order valence-electron chi connectivity index (χ1n) is 10.0. The van der Waals surface area contributed by atoms with Crippen molar-refractivity contribution in [1.29, 1.82) is 0 Å². The molecule has 0 saturated heterocycles. The molecule has 0 aliphatic rings. The van der Waals surface area contributed by atoms with E-state index in [1.807, 2.05) is 49.4 Å². The first-order valence-corrected chi connectivity index (χ1v) is 11.2. The van der Waals surface area contributed by atoms with Crippen LogP contribution in [-0.4, -0.2) is 24.7 Å². The largest absolute Gasteiger partial charge is 0.483 e. The molecule has 4 aromatic rings. The zero-order valence-corrected chi connectivity index (χ0v) is 19.2. The van der Waals surface area contributed by atoms with Gasteiger partial charge in [0.2, 0.25) is 0 Å². The number of esters is 1. The van der Waals surface area contributed by atoms with E-state index in [4.69, 9.17) is 21.1 Å². The van der Waals surface area contributed by atoms with Crippen molar-refractivity contribution in [1.82, 2.24) is 5.43 Å². The smallest absolute Gasteiger partial charge is 0.355 e. The van der Waals surface area contributed by atoms with Crippen LogP contribution >= 0.6 is 22.9 Å². The lowest BCUT2D eigenvalue weighted by atomic mass is 10.2. The average molecular weight is 479 g/mol. The zero-order chi connectivity index (χ0) is 23.2. The molecular weight excluding hydrogens is 460 g/mol. The van der Waals surface area contributed by atoms with Crippen LogP contribution in [0.4, 0.5) is 0 Å². The van der Waals surface area contributed by atoms with Gasteiger partial charge in [-0.2, -0.15) is 5.10 Å². The standard InChI is InChI=1S/C25H19ClN2O4S/c1-16-8-2-5-11-19(16)31-15-22(29)28-27-14-17-9-3-6-12-20(17)32-25(30)24-23(26)18-10-4-7-13-21(18)33-24/h2-14H,15H2,1H3,(H,28,29)/b27-14-. The number of aryl methyl sites for hydroxylation is 1. The lowest BCUT2D eigenvalue weighted by molar-refractivity contribution is -0.123. The molecule has 4 rings (SSSR count). The molecule has 0 atom stereocenters. The normalized spacial score (nSPS) is 11.0. The molecule has 3 aromatic carbocycles. The lowest BCUT2D eigenvalue weighted by Gasteiger charge is -2.08. The molecule has 6 nitrogen and oxygen atoms in total. The molecule has 0 spiro atoms. The first kappa shape index (κ1) is 22.5. The molecule has 0 saturated carbocycles. The Morgan fingerprint density at radius 2 is 1.70 bits per heavy atom. The number of nitrogens with zero attached hydrogens (tertiary/aromatic N) is 1. The summed E-state index contributed by atoms with van der Waals surface area (Å²) in [5.41, 5.74) is 3.86. The van der Waals surface area contributed by atoms with Crippen LogP contribution in [0.3, 0.4) is 0 Å². The van der Waals surface area contributed by atoms with E-state index in [-0.39, 0.29) is 6.61 Å². The van der Waals surface area contributed by atoms with E-state index in [2.05, 4.69) is 10.5 Å². The minimum atomic E-state index is -0.558. The highest BCUT2D eigenvalue weighted by molar-refractivity contribution is 7.21. The fourth-order valence-corrected chi connectivity index (χ4v) is 4.42. The Labute approximate surface area is 199 Å². The van der Waals surface area contributed by atoms with Gasteiger partial charge >= 0.3 is 5.97 Å². The number of thiophene rings is 1. The van der Waals surface area contributed by atoms with Crippen molar-refractivity contribution < 1.29 is 19.1 Å². The maximum atomic E-state index is 12.8. The van der Waals surface area contributed by atoms with Gasteiger partial charge in [0, 0.05) is 15.6 Å². The molecule has 8 heteroatoms. The molecule has 0 fully saturated rings. The number of fused-ring (bicyclic) bond motifs is 1. The number of para-hydroxylation sites is 2. The fourth-order valence-electron chi connectivity index (χ4n) is 3.04. The van der Waals surface area contributed by atoms with Crippen LogP contribution in [-0.2, 0) is 4.79 Å². The monoisotopic (exact) mass is 478 g/mol. The average Bonchev–Trinajstić information content (AvgIpc) is 3.16. The Hall–Kier alpha value is -3.68. The predicted octanol–water partition coefficient (Wildman–Crippen LogP) is 5.61. The number of hydrogen-bond donors (Lipinski definition) is 1. The van der Waals surface area contributed by atoms with E-state index in [1.54, 1.807) is 30.3 Å². The first-order chi connectivity index (χ1) is 16.0. The summed E-state index contributed by atoms with van der Waals surface area (Å²) in [6.07, 6.45) is 1.40. The molecule has 0 unspecified atom stereocenters. The number of rotatable bonds is 7. The third kappa shape index (κ3) is 5.39.